The molecule has 1 atom stereocenters. The van der Waals surface area contributed by atoms with Crippen LogP contribution in [-0.2, 0) is 14.8 Å². The van der Waals surface area contributed by atoms with Crippen LogP contribution in [-0.4, -0.2) is 57.0 Å². The zero-order chi connectivity index (χ0) is 25.7. The molecule has 0 spiro atoms. The molecule has 1 saturated heterocycles. The second kappa shape index (κ2) is 12.7. The van der Waals surface area contributed by atoms with E-state index in [-0.39, 0.29) is 34.7 Å². The second-order valence-electron chi connectivity index (χ2n) is 7.91. The molecule has 4 rings (SSSR count). The minimum Gasteiger partial charge on any atom is -1.00 e. The Kier molecular flexibility index (Phi) is 9.87. The molecule has 1 aliphatic rings. The van der Waals surface area contributed by atoms with Crippen molar-refractivity contribution in [2.75, 3.05) is 37.6 Å². The zero-order valence-corrected chi connectivity index (χ0v) is 22.4. The summed E-state index contributed by atoms with van der Waals surface area (Å²) < 4.78 is 33.9. The van der Waals surface area contributed by atoms with Crippen molar-refractivity contribution in [3.05, 3.63) is 85.6 Å². The molecule has 198 valence electrons. The molecule has 1 aliphatic heterocycles. The normalized spacial score (nSPS) is 14.8. The molecule has 2 heterocycles. The number of hydrogen-bond donors (Lipinski definition) is 2. The van der Waals surface area contributed by atoms with E-state index in [1.165, 1.54) is 12.1 Å². The lowest BCUT2D eigenvalue weighted by atomic mass is 10.1. The molecule has 1 aromatic heterocycles. The summed E-state index contributed by atoms with van der Waals surface area (Å²) in [5, 5.41) is 15.8. The Labute approximate surface area is 229 Å². The van der Waals surface area contributed by atoms with Gasteiger partial charge in [0.15, 0.2) is 0 Å². The third-order valence-corrected chi connectivity index (χ3v) is 8.47. The fraction of sp³-hybridized carbons (Fsp3) is 0.261. The van der Waals surface area contributed by atoms with Crippen LogP contribution in [0.2, 0.25) is 5.02 Å². The van der Waals surface area contributed by atoms with E-state index < -0.39 is 31.4 Å². The van der Waals surface area contributed by atoms with Gasteiger partial charge in [-0.3, -0.25) is 24.5 Å². The first-order chi connectivity index (χ1) is 17.3. The summed E-state index contributed by atoms with van der Waals surface area (Å²) >= 11 is 7.63. The number of nitro benzene ring substituents is 1. The number of thiophene rings is 1. The molecule has 3 aromatic rings. The summed E-state index contributed by atoms with van der Waals surface area (Å²) in [4.78, 5) is 26.4. The molecule has 0 saturated carbocycles. The Bertz CT molecular complexity index is 1350. The molecule has 14 heteroatoms. The Morgan fingerprint density at radius 1 is 1.16 bits per heavy atom. The minimum atomic E-state index is -4.33. The predicted octanol–water partition coefficient (Wildman–Crippen LogP) is 0.918. The van der Waals surface area contributed by atoms with E-state index >= 15 is 0 Å². The first-order valence-corrected chi connectivity index (χ1v) is 13.7. The van der Waals surface area contributed by atoms with Gasteiger partial charge in [-0.2, -0.15) is 0 Å². The predicted molar refractivity (Wildman–Crippen MR) is 137 cm³/mol. The van der Waals surface area contributed by atoms with E-state index in [4.69, 9.17) is 16.3 Å². The fourth-order valence-electron chi connectivity index (χ4n) is 3.85. The number of nitrogens with one attached hydrogen (secondary N) is 2. The van der Waals surface area contributed by atoms with Crippen LogP contribution in [0.3, 0.4) is 0 Å². The van der Waals surface area contributed by atoms with Crippen LogP contribution in [0.15, 0.2) is 64.9 Å². The van der Waals surface area contributed by atoms with Crippen LogP contribution < -0.4 is 22.4 Å². The Hall–Kier alpha value is -2.74. The Morgan fingerprint density at radius 3 is 2.57 bits per heavy atom. The van der Waals surface area contributed by atoms with Crippen LogP contribution in [0.25, 0.3) is 0 Å². The number of nitrogens with zero attached hydrogens (tertiary/aromatic N) is 2. The largest absolute Gasteiger partial charge is 1.00 e. The minimum absolute atomic E-state index is 0. The Morgan fingerprint density at radius 2 is 1.89 bits per heavy atom. The summed E-state index contributed by atoms with van der Waals surface area (Å²) in [5.41, 5.74) is -0.292. The Balaban J connectivity index is 0.00000380. The van der Waals surface area contributed by atoms with Crippen molar-refractivity contribution < 1.29 is 35.3 Å². The smallest absolute Gasteiger partial charge is 0.270 e. The molecule has 1 amide bonds. The van der Waals surface area contributed by atoms with Crippen molar-refractivity contribution in [3.63, 3.8) is 0 Å². The third-order valence-electron chi connectivity index (χ3n) is 5.65. The molecule has 2 N–H and O–H groups in total. The van der Waals surface area contributed by atoms with E-state index in [1.54, 1.807) is 23.5 Å². The quantitative estimate of drug-likeness (QED) is 0.282. The number of amides is 1. The molecule has 1 unspecified atom stereocenters. The van der Waals surface area contributed by atoms with Gasteiger partial charge in [-0.25, -0.2) is 8.42 Å². The number of carbonyl (C=O) groups excluding carboxylic acids is 1. The molecule has 0 bridgehead atoms. The number of anilines is 1. The first-order valence-electron chi connectivity index (χ1n) is 11.0. The second-order valence-corrected chi connectivity index (χ2v) is 10.9. The molecule has 0 aliphatic carbocycles. The fourth-order valence-corrected chi connectivity index (χ4v) is 6.31. The molecular weight excluding hydrogens is 563 g/mol. The summed E-state index contributed by atoms with van der Waals surface area (Å²) in [7, 11) is -4.33. The van der Waals surface area contributed by atoms with E-state index in [0.29, 0.717) is 19.8 Å². The van der Waals surface area contributed by atoms with Crippen molar-refractivity contribution in [1.82, 2.24) is 10.2 Å². The number of benzene rings is 2. The van der Waals surface area contributed by atoms with E-state index in [1.807, 2.05) is 17.5 Å². The van der Waals surface area contributed by atoms with Gasteiger partial charge in [0, 0.05) is 36.6 Å². The van der Waals surface area contributed by atoms with Gasteiger partial charge in [0.1, 0.15) is 4.90 Å². The lowest BCUT2D eigenvalue weighted by molar-refractivity contribution is -0.385. The number of para-hydroxylation sites is 1. The standard InChI is InChI=1S/C23H23ClN4O6S2.ClH/c24-18-8-7-16(28(30)31)14-22(18)36(32,33)26-19-5-2-1-4-17(19)23(29)25-15-20(21-6-3-13-35-21)27-9-11-34-12-10-27;/h1-8,13-14,20,26H,9-12,15H2,(H,25,29);1H/p-1. The summed E-state index contributed by atoms with van der Waals surface area (Å²) in [6.07, 6.45) is 0. The van der Waals surface area contributed by atoms with Gasteiger partial charge in [-0.05, 0) is 29.6 Å². The summed E-state index contributed by atoms with van der Waals surface area (Å²) in [6.45, 7) is 3.01. The maximum absolute atomic E-state index is 13.2. The van der Waals surface area contributed by atoms with Crippen molar-refractivity contribution in [3.8, 4) is 0 Å². The zero-order valence-electron chi connectivity index (χ0n) is 19.3. The number of halogens is 2. The highest BCUT2D eigenvalue weighted by Gasteiger charge is 2.26. The molecular formula is C23H23Cl2N4O6S2-. The highest BCUT2D eigenvalue weighted by molar-refractivity contribution is 7.92. The number of carbonyl (C=O) groups is 1. The maximum atomic E-state index is 13.2. The van der Waals surface area contributed by atoms with Gasteiger partial charge >= 0.3 is 0 Å². The molecule has 2 aromatic carbocycles. The number of hydrogen-bond acceptors (Lipinski definition) is 8. The topological polar surface area (TPSA) is 131 Å². The van der Waals surface area contributed by atoms with Gasteiger partial charge < -0.3 is 22.5 Å². The highest BCUT2D eigenvalue weighted by Crippen LogP contribution is 2.29. The number of sulfonamides is 1. The SMILES string of the molecule is O=C(NCC(c1cccs1)N1CCOCC1)c1ccccc1NS(=O)(=O)c1cc([N+](=O)[O-])ccc1Cl.[Cl-]. The number of ether oxygens (including phenoxy) is 1. The molecule has 10 nitrogen and oxygen atoms in total. The van der Waals surface area contributed by atoms with Crippen molar-refractivity contribution in [1.29, 1.82) is 0 Å². The first kappa shape index (κ1) is 28.8. The average molecular weight is 586 g/mol. The van der Waals surface area contributed by atoms with Gasteiger partial charge in [-0.1, -0.05) is 29.8 Å². The third kappa shape index (κ3) is 6.98. The molecule has 37 heavy (non-hydrogen) atoms. The van der Waals surface area contributed by atoms with E-state index in [0.717, 1.165) is 36.2 Å². The van der Waals surface area contributed by atoms with Gasteiger partial charge in [0.2, 0.25) is 0 Å². The summed E-state index contributed by atoms with van der Waals surface area (Å²) in [6, 6.07) is 13.2. The maximum Gasteiger partial charge on any atom is 0.270 e. The monoisotopic (exact) mass is 585 g/mol. The number of morpholine rings is 1. The number of nitro groups is 1. The van der Waals surface area contributed by atoms with E-state index in [9.17, 15) is 23.3 Å². The molecule has 1 fully saturated rings. The van der Waals surface area contributed by atoms with Gasteiger partial charge in [0.25, 0.3) is 21.6 Å². The average Bonchev–Trinajstić information content (AvgIpc) is 3.39. The van der Waals surface area contributed by atoms with Crippen LogP contribution in [0.4, 0.5) is 11.4 Å². The van der Waals surface area contributed by atoms with Crippen LogP contribution in [0.5, 0.6) is 0 Å². The summed E-state index contributed by atoms with van der Waals surface area (Å²) in [5.74, 6) is -0.465. The van der Waals surface area contributed by atoms with Gasteiger partial charge in [-0.15, -0.1) is 11.3 Å². The van der Waals surface area contributed by atoms with E-state index in [2.05, 4.69) is 14.9 Å². The van der Waals surface area contributed by atoms with Crippen molar-refractivity contribution >= 4 is 50.2 Å². The van der Waals surface area contributed by atoms with Crippen LogP contribution >= 0.6 is 22.9 Å². The molecule has 0 radical (unpaired) electrons. The van der Waals surface area contributed by atoms with Crippen molar-refractivity contribution in [2.45, 2.75) is 10.9 Å². The van der Waals surface area contributed by atoms with Crippen molar-refractivity contribution in [2.24, 2.45) is 0 Å². The highest BCUT2D eigenvalue weighted by atomic mass is 35.5. The van der Waals surface area contributed by atoms with Gasteiger partial charge in [0.05, 0.1) is 40.5 Å². The lowest BCUT2D eigenvalue weighted by Gasteiger charge is -2.34. The lowest BCUT2D eigenvalue weighted by Crippen LogP contribution is -3.00. The number of non-ortho nitro benzene ring substituents is 1. The van der Waals surface area contributed by atoms with Crippen LogP contribution in [0, 0.1) is 10.1 Å². The number of rotatable bonds is 9. The van der Waals surface area contributed by atoms with Crippen LogP contribution in [0.1, 0.15) is 21.3 Å².